The highest BCUT2D eigenvalue weighted by molar-refractivity contribution is 4.93. The Morgan fingerprint density at radius 3 is 2.36 bits per heavy atom. The lowest BCUT2D eigenvalue weighted by Crippen LogP contribution is -2.53. The molecule has 0 amide bonds. The number of unbranched alkanes of at least 4 members (excludes halogenated alkanes) is 2. The van der Waals surface area contributed by atoms with E-state index in [1.165, 1.54) is 12.8 Å². The Bertz CT molecular complexity index is 152. The van der Waals surface area contributed by atoms with Gasteiger partial charge >= 0.3 is 0 Å². The first-order valence-electron chi connectivity index (χ1n) is 6.07. The monoisotopic (exact) mass is 200 g/mol. The fourth-order valence-corrected chi connectivity index (χ4v) is 2.13. The van der Waals surface area contributed by atoms with Gasteiger partial charge in [-0.25, -0.2) is 0 Å². The highest BCUT2D eigenvalue weighted by atomic mass is 16.5. The van der Waals surface area contributed by atoms with Crippen LogP contribution in [-0.4, -0.2) is 23.4 Å². The Morgan fingerprint density at radius 2 is 1.93 bits per heavy atom. The lowest BCUT2D eigenvalue weighted by Gasteiger charge is -2.45. The molecule has 1 fully saturated rings. The van der Waals surface area contributed by atoms with Crippen molar-refractivity contribution in [3.8, 4) is 0 Å². The van der Waals surface area contributed by atoms with E-state index >= 15 is 0 Å². The summed E-state index contributed by atoms with van der Waals surface area (Å²) < 4.78 is 5.63. The maximum absolute atomic E-state index is 10.1. The van der Waals surface area contributed by atoms with E-state index in [0.29, 0.717) is 0 Å². The van der Waals surface area contributed by atoms with Crippen LogP contribution in [0, 0.1) is 0 Å². The molecule has 2 unspecified atom stereocenters. The Labute approximate surface area is 87.7 Å². The van der Waals surface area contributed by atoms with E-state index in [2.05, 4.69) is 13.8 Å². The Morgan fingerprint density at radius 1 is 1.29 bits per heavy atom. The molecule has 0 aliphatic carbocycles. The molecule has 1 aliphatic rings. The number of aliphatic hydroxyl groups excluding tert-OH is 1. The molecule has 1 aliphatic heterocycles. The van der Waals surface area contributed by atoms with Gasteiger partial charge in [-0.05, 0) is 12.8 Å². The van der Waals surface area contributed by atoms with E-state index in [1.54, 1.807) is 0 Å². The van der Waals surface area contributed by atoms with Gasteiger partial charge in [0.15, 0.2) is 0 Å². The van der Waals surface area contributed by atoms with Crippen LogP contribution in [0.1, 0.15) is 58.8 Å². The smallest absolute Gasteiger partial charge is 0.0962 e. The second-order valence-electron chi connectivity index (χ2n) is 4.42. The molecule has 84 valence electrons. The van der Waals surface area contributed by atoms with Gasteiger partial charge in [-0.15, -0.1) is 0 Å². The molecule has 0 spiro atoms. The summed E-state index contributed by atoms with van der Waals surface area (Å²) in [4.78, 5) is 0. The summed E-state index contributed by atoms with van der Waals surface area (Å²) in [5.41, 5.74) is -0.162. The van der Waals surface area contributed by atoms with Crippen molar-refractivity contribution in [1.82, 2.24) is 0 Å². The summed E-state index contributed by atoms with van der Waals surface area (Å²) in [6.45, 7) is 5.19. The number of aliphatic hydroxyl groups is 1. The van der Waals surface area contributed by atoms with Crippen LogP contribution in [0.15, 0.2) is 0 Å². The zero-order chi connectivity index (χ0) is 10.4. The largest absolute Gasteiger partial charge is 0.390 e. The van der Waals surface area contributed by atoms with E-state index in [-0.39, 0.29) is 11.7 Å². The van der Waals surface area contributed by atoms with Crippen molar-refractivity contribution >= 4 is 0 Å². The summed E-state index contributed by atoms with van der Waals surface area (Å²) in [5, 5.41) is 10.1. The van der Waals surface area contributed by atoms with Gasteiger partial charge in [-0.3, -0.25) is 0 Å². The van der Waals surface area contributed by atoms with Gasteiger partial charge in [0, 0.05) is 6.42 Å². The van der Waals surface area contributed by atoms with Crippen molar-refractivity contribution in [1.29, 1.82) is 0 Å². The first-order valence-corrected chi connectivity index (χ1v) is 6.07. The van der Waals surface area contributed by atoms with Crippen LogP contribution < -0.4 is 0 Å². The Kier molecular flexibility index (Phi) is 4.90. The lowest BCUT2D eigenvalue weighted by molar-refractivity contribution is -0.210. The van der Waals surface area contributed by atoms with Crippen LogP contribution in [-0.2, 0) is 4.74 Å². The highest BCUT2D eigenvalue weighted by Crippen LogP contribution is 2.37. The minimum Gasteiger partial charge on any atom is -0.390 e. The van der Waals surface area contributed by atoms with Gasteiger partial charge in [0.2, 0.25) is 0 Å². The summed E-state index contributed by atoms with van der Waals surface area (Å²) in [6.07, 6.45) is 7.38. The third kappa shape index (κ3) is 2.71. The van der Waals surface area contributed by atoms with Crippen molar-refractivity contribution in [2.24, 2.45) is 0 Å². The average molecular weight is 200 g/mol. The van der Waals surface area contributed by atoms with Gasteiger partial charge in [0.25, 0.3) is 0 Å². The average Bonchev–Trinajstić information content (AvgIpc) is 2.13. The van der Waals surface area contributed by atoms with Crippen molar-refractivity contribution < 1.29 is 9.84 Å². The Hall–Kier alpha value is -0.0800. The molecule has 0 aromatic rings. The van der Waals surface area contributed by atoms with Gasteiger partial charge < -0.3 is 9.84 Å². The Balaban J connectivity index is 2.34. The van der Waals surface area contributed by atoms with Gasteiger partial charge in [0.1, 0.15) is 0 Å². The predicted molar refractivity (Wildman–Crippen MR) is 58.4 cm³/mol. The molecule has 0 aromatic heterocycles. The summed E-state index contributed by atoms with van der Waals surface area (Å²) in [7, 11) is 0. The molecule has 2 atom stereocenters. The zero-order valence-electron chi connectivity index (χ0n) is 9.59. The van der Waals surface area contributed by atoms with E-state index < -0.39 is 0 Å². The van der Waals surface area contributed by atoms with Crippen LogP contribution in [0.3, 0.4) is 0 Å². The van der Waals surface area contributed by atoms with E-state index in [9.17, 15) is 5.11 Å². The van der Waals surface area contributed by atoms with Gasteiger partial charge in [-0.2, -0.15) is 0 Å². The van der Waals surface area contributed by atoms with Crippen LogP contribution >= 0.6 is 0 Å². The molecule has 0 aromatic carbocycles. The second-order valence-corrected chi connectivity index (χ2v) is 4.42. The third-order valence-corrected chi connectivity index (χ3v) is 3.31. The van der Waals surface area contributed by atoms with Crippen LogP contribution in [0.25, 0.3) is 0 Å². The SMILES string of the molecule is CCCCC(O)C1(CCCC)CCO1. The normalized spacial score (nSPS) is 28.5. The van der Waals surface area contributed by atoms with Crippen molar-refractivity contribution in [3.63, 3.8) is 0 Å². The lowest BCUT2D eigenvalue weighted by atomic mass is 9.81. The fourth-order valence-electron chi connectivity index (χ4n) is 2.13. The number of ether oxygens (including phenoxy) is 1. The van der Waals surface area contributed by atoms with Crippen molar-refractivity contribution in [3.05, 3.63) is 0 Å². The van der Waals surface area contributed by atoms with E-state index in [4.69, 9.17) is 4.74 Å². The molecule has 0 radical (unpaired) electrons. The van der Waals surface area contributed by atoms with Crippen molar-refractivity contribution in [2.75, 3.05) is 6.61 Å². The van der Waals surface area contributed by atoms with Crippen LogP contribution in [0.4, 0.5) is 0 Å². The molecule has 2 nitrogen and oxygen atoms in total. The molecule has 1 saturated heterocycles. The number of hydrogen-bond acceptors (Lipinski definition) is 2. The molecule has 1 rings (SSSR count). The zero-order valence-corrected chi connectivity index (χ0v) is 9.59. The van der Waals surface area contributed by atoms with Crippen LogP contribution in [0.5, 0.6) is 0 Å². The van der Waals surface area contributed by atoms with E-state index in [0.717, 1.165) is 38.7 Å². The molecule has 0 saturated carbocycles. The first kappa shape index (κ1) is 12.0. The highest BCUT2D eigenvalue weighted by Gasteiger charge is 2.43. The quantitative estimate of drug-likeness (QED) is 0.684. The maximum Gasteiger partial charge on any atom is 0.0962 e. The standard InChI is InChI=1S/C12H24O2/c1-3-5-7-11(13)12(8-6-4-2)9-10-14-12/h11,13H,3-10H2,1-2H3. The second kappa shape index (κ2) is 5.72. The van der Waals surface area contributed by atoms with Crippen molar-refractivity contribution in [2.45, 2.75) is 70.5 Å². The molecule has 0 bridgehead atoms. The molecule has 14 heavy (non-hydrogen) atoms. The third-order valence-electron chi connectivity index (χ3n) is 3.31. The topological polar surface area (TPSA) is 29.5 Å². The maximum atomic E-state index is 10.1. The van der Waals surface area contributed by atoms with Crippen LogP contribution in [0.2, 0.25) is 0 Å². The minimum absolute atomic E-state index is 0.162. The first-order chi connectivity index (χ1) is 6.75. The number of hydrogen-bond donors (Lipinski definition) is 1. The number of rotatable bonds is 7. The fraction of sp³-hybridized carbons (Fsp3) is 1.00. The molecular weight excluding hydrogens is 176 g/mol. The van der Waals surface area contributed by atoms with Gasteiger partial charge in [-0.1, -0.05) is 39.5 Å². The molecular formula is C12H24O2. The molecule has 1 heterocycles. The molecule has 2 heteroatoms. The molecule has 1 N–H and O–H groups in total. The van der Waals surface area contributed by atoms with Gasteiger partial charge in [0.05, 0.1) is 18.3 Å². The predicted octanol–water partition coefficient (Wildman–Crippen LogP) is 2.89. The summed E-state index contributed by atoms with van der Waals surface area (Å²) in [6, 6.07) is 0. The minimum atomic E-state index is -0.234. The summed E-state index contributed by atoms with van der Waals surface area (Å²) in [5.74, 6) is 0. The van der Waals surface area contributed by atoms with E-state index in [1.807, 2.05) is 0 Å². The summed E-state index contributed by atoms with van der Waals surface area (Å²) >= 11 is 0.